The van der Waals surface area contributed by atoms with Crippen LogP contribution in [0, 0.1) is 13.8 Å². The molecule has 0 saturated heterocycles. The van der Waals surface area contributed by atoms with Crippen LogP contribution in [0.4, 0.5) is 0 Å². The van der Waals surface area contributed by atoms with E-state index in [1.165, 1.54) is 0 Å². The Bertz CT molecular complexity index is 1210. The van der Waals surface area contributed by atoms with Crippen molar-refractivity contribution in [1.29, 1.82) is 0 Å². The summed E-state index contributed by atoms with van der Waals surface area (Å²) in [7, 11) is 1.61. The van der Waals surface area contributed by atoms with Crippen molar-refractivity contribution in [1.82, 2.24) is 10.2 Å². The number of hydrogen-bond donors (Lipinski definition) is 1. The fraction of sp³-hybridized carbons (Fsp3) is 0.355. The second-order valence-corrected chi connectivity index (χ2v) is 10.3. The van der Waals surface area contributed by atoms with Crippen LogP contribution in [0.5, 0.6) is 11.5 Å². The van der Waals surface area contributed by atoms with Crippen molar-refractivity contribution in [2.75, 3.05) is 13.7 Å². The SMILES string of the molecule is CCC(C)NC(=O)C(Cc1ccccc1)N(Cc1cccc(OC)c1)C(=O)COc1cc(C)c(Br)c(C)c1. The van der Waals surface area contributed by atoms with Gasteiger partial charge in [0.2, 0.25) is 5.91 Å². The second kappa shape index (κ2) is 14.0. The van der Waals surface area contributed by atoms with Crippen LogP contribution in [-0.2, 0) is 22.6 Å². The third kappa shape index (κ3) is 8.09. The number of hydrogen-bond acceptors (Lipinski definition) is 4. The van der Waals surface area contributed by atoms with Gasteiger partial charge in [0.25, 0.3) is 5.91 Å². The number of nitrogens with zero attached hydrogens (tertiary/aromatic N) is 1. The van der Waals surface area contributed by atoms with Crippen LogP contribution in [0.25, 0.3) is 0 Å². The fourth-order valence-corrected chi connectivity index (χ4v) is 4.41. The van der Waals surface area contributed by atoms with Gasteiger partial charge in [0.05, 0.1) is 7.11 Å². The molecule has 7 heteroatoms. The molecule has 0 aliphatic carbocycles. The molecule has 0 aliphatic rings. The Hall–Kier alpha value is -3.32. The Morgan fingerprint density at radius 1 is 0.947 bits per heavy atom. The number of amides is 2. The van der Waals surface area contributed by atoms with Crippen molar-refractivity contribution < 1.29 is 19.1 Å². The number of methoxy groups -OCH3 is 1. The molecule has 0 saturated carbocycles. The average Bonchev–Trinajstić information content (AvgIpc) is 2.92. The summed E-state index contributed by atoms with van der Waals surface area (Å²) in [5.74, 6) is 0.846. The molecular formula is C31H37BrN2O4. The Balaban J connectivity index is 1.94. The van der Waals surface area contributed by atoms with Crippen LogP contribution in [0.1, 0.15) is 42.5 Å². The van der Waals surface area contributed by atoms with Gasteiger partial charge in [-0.2, -0.15) is 0 Å². The van der Waals surface area contributed by atoms with Gasteiger partial charge >= 0.3 is 0 Å². The summed E-state index contributed by atoms with van der Waals surface area (Å²) in [6.45, 7) is 8.00. The maximum absolute atomic E-state index is 13.8. The van der Waals surface area contributed by atoms with Crippen LogP contribution in [0.15, 0.2) is 71.2 Å². The smallest absolute Gasteiger partial charge is 0.261 e. The van der Waals surface area contributed by atoms with Crippen molar-refractivity contribution in [3.05, 3.63) is 93.5 Å². The second-order valence-electron chi connectivity index (χ2n) is 9.56. The van der Waals surface area contributed by atoms with Gasteiger partial charge in [-0.15, -0.1) is 0 Å². The van der Waals surface area contributed by atoms with Crippen molar-refractivity contribution >= 4 is 27.7 Å². The van der Waals surface area contributed by atoms with E-state index in [1.54, 1.807) is 12.0 Å². The molecule has 2 atom stereocenters. The molecule has 0 aliphatic heterocycles. The van der Waals surface area contributed by atoms with Gasteiger partial charge in [0, 0.05) is 23.5 Å². The lowest BCUT2D eigenvalue weighted by molar-refractivity contribution is -0.143. The summed E-state index contributed by atoms with van der Waals surface area (Å²) < 4.78 is 12.4. The first kappa shape index (κ1) is 29.2. The summed E-state index contributed by atoms with van der Waals surface area (Å²) in [5.41, 5.74) is 3.88. The number of aryl methyl sites for hydroxylation is 2. The maximum atomic E-state index is 13.8. The molecule has 2 amide bonds. The van der Waals surface area contributed by atoms with Crippen LogP contribution < -0.4 is 14.8 Å². The van der Waals surface area contributed by atoms with Crippen molar-refractivity contribution in [3.8, 4) is 11.5 Å². The molecule has 1 N–H and O–H groups in total. The lowest BCUT2D eigenvalue weighted by Gasteiger charge is -2.32. The topological polar surface area (TPSA) is 67.9 Å². The zero-order valence-electron chi connectivity index (χ0n) is 22.8. The standard InChI is InChI=1S/C31H37BrN2O4/c1-6-23(4)33-31(36)28(18-24-11-8-7-9-12-24)34(19-25-13-10-14-26(17-25)37-5)29(35)20-38-27-15-21(2)30(32)22(3)16-27/h7-17,23,28H,6,18-20H2,1-5H3,(H,33,36). The molecule has 0 fully saturated rings. The van der Waals surface area contributed by atoms with Crippen molar-refractivity contribution in [2.24, 2.45) is 0 Å². The largest absolute Gasteiger partial charge is 0.497 e. The van der Waals surface area contributed by atoms with Gasteiger partial charge in [-0.1, -0.05) is 65.3 Å². The van der Waals surface area contributed by atoms with E-state index in [9.17, 15) is 9.59 Å². The molecule has 3 aromatic carbocycles. The average molecular weight is 582 g/mol. The molecule has 0 bridgehead atoms. The Morgan fingerprint density at radius 3 is 2.24 bits per heavy atom. The Labute approximate surface area is 234 Å². The molecule has 3 aromatic rings. The zero-order chi connectivity index (χ0) is 27.7. The molecule has 202 valence electrons. The minimum atomic E-state index is -0.720. The number of benzene rings is 3. The quantitative estimate of drug-likeness (QED) is 0.285. The highest BCUT2D eigenvalue weighted by molar-refractivity contribution is 9.10. The molecule has 0 spiro atoms. The molecular weight excluding hydrogens is 544 g/mol. The van der Waals surface area contributed by atoms with E-state index in [2.05, 4.69) is 21.2 Å². The molecule has 0 aromatic heterocycles. The predicted octanol–water partition coefficient (Wildman–Crippen LogP) is 6.01. The van der Waals surface area contributed by atoms with E-state index in [1.807, 2.05) is 94.4 Å². The monoisotopic (exact) mass is 580 g/mol. The summed E-state index contributed by atoms with van der Waals surface area (Å²) in [5, 5.41) is 3.08. The third-order valence-corrected chi connectivity index (χ3v) is 7.78. The number of nitrogens with one attached hydrogen (secondary N) is 1. The van der Waals surface area contributed by atoms with Crippen LogP contribution in [-0.4, -0.2) is 42.5 Å². The van der Waals surface area contributed by atoms with Crippen LogP contribution >= 0.6 is 15.9 Å². The zero-order valence-corrected chi connectivity index (χ0v) is 24.4. The highest BCUT2D eigenvalue weighted by atomic mass is 79.9. The van der Waals surface area contributed by atoms with Gasteiger partial charge in [0.1, 0.15) is 17.5 Å². The summed E-state index contributed by atoms with van der Waals surface area (Å²) >= 11 is 3.57. The molecule has 6 nitrogen and oxygen atoms in total. The Morgan fingerprint density at radius 2 is 1.61 bits per heavy atom. The first-order valence-electron chi connectivity index (χ1n) is 12.9. The number of halogens is 1. The predicted molar refractivity (Wildman–Crippen MR) is 154 cm³/mol. The van der Waals surface area contributed by atoms with Crippen molar-refractivity contribution in [3.63, 3.8) is 0 Å². The minimum absolute atomic E-state index is 0.0143. The molecule has 3 rings (SSSR count). The summed E-state index contributed by atoms with van der Waals surface area (Å²) in [4.78, 5) is 29.0. The van der Waals surface area contributed by atoms with Gasteiger partial charge in [-0.25, -0.2) is 0 Å². The number of ether oxygens (including phenoxy) is 2. The first-order chi connectivity index (χ1) is 18.2. The van der Waals surface area contributed by atoms with E-state index in [0.717, 1.165) is 33.1 Å². The fourth-order valence-electron chi connectivity index (χ4n) is 4.18. The number of carbonyl (C=O) groups excluding carboxylic acids is 2. The van der Waals surface area contributed by atoms with Gasteiger partial charge in [-0.3, -0.25) is 9.59 Å². The number of carbonyl (C=O) groups is 2. The third-order valence-electron chi connectivity index (χ3n) is 6.53. The highest BCUT2D eigenvalue weighted by Crippen LogP contribution is 2.26. The molecule has 0 radical (unpaired) electrons. The van der Waals surface area contributed by atoms with E-state index >= 15 is 0 Å². The molecule has 0 heterocycles. The van der Waals surface area contributed by atoms with Gasteiger partial charge in [0.15, 0.2) is 6.61 Å². The van der Waals surface area contributed by atoms with Crippen LogP contribution in [0.3, 0.4) is 0 Å². The van der Waals surface area contributed by atoms with E-state index < -0.39 is 6.04 Å². The minimum Gasteiger partial charge on any atom is -0.497 e. The van der Waals surface area contributed by atoms with E-state index in [-0.39, 0.29) is 31.0 Å². The van der Waals surface area contributed by atoms with Gasteiger partial charge < -0.3 is 19.7 Å². The molecule has 2 unspecified atom stereocenters. The van der Waals surface area contributed by atoms with Gasteiger partial charge in [-0.05, 0) is 73.7 Å². The lowest BCUT2D eigenvalue weighted by Crippen LogP contribution is -2.53. The lowest BCUT2D eigenvalue weighted by atomic mass is 10.0. The maximum Gasteiger partial charge on any atom is 0.261 e. The number of rotatable bonds is 12. The highest BCUT2D eigenvalue weighted by Gasteiger charge is 2.31. The molecule has 38 heavy (non-hydrogen) atoms. The first-order valence-corrected chi connectivity index (χ1v) is 13.7. The van der Waals surface area contributed by atoms with Crippen LogP contribution in [0.2, 0.25) is 0 Å². The van der Waals surface area contributed by atoms with E-state index in [4.69, 9.17) is 9.47 Å². The Kier molecular flexibility index (Phi) is 10.8. The van der Waals surface area contributed by atoms with E-state index in [0.29, 0.717) is 17.9 Å². The van der Waals surface area contributed by atoms with Crippen molar-refractivity contribution in [2.45, 2.75) is 59.2 Å². The summed E-state index contributed by atoms with van der Waals surface area (Å²) in [6.07, 6.45) is 1.17. The summed E-state index contributed by atoms with van der Waals surface area (Å²) in [6, 6.07) is 20.4. The normalized spacial score (nSPS) is 12.4.